The molecule has 1 heterocycles. The number of nitrogens with one attached hydrogen (secondary N) is 1. The molecule has 7 heteroatoms. The Kier molecular flexibility index (Phi) is 7.11. The monoisotopic (exact) mass is 420 g/mol. The van der Waals surface area contributed by atoms with Crippen LogP contribution >= 0.6 is 0 Å². The van der Waals surface area contributed by atoms with Crippen molar-refractivity contribution < 1.29 is 18.9 Å². The van der Waals surface area contributed by atoms with E-state index >= 15 is 0 Å². The smallest absolute Gasteiger partial charge is 0.345 e. The molecule has 0 aliphatic rings. The first-order valence-corrected chi connectivity index (χ1v) is 9.48. The third-order valence-electron chi connectivity index (χ3n) is 4.54. The van der Waals surface area contributed by atoms with Crippen LogP contribution in [0.25, 0.3) is 24.3 Å². The van der Waals surface area contributed by atoms with Gasteiger partial charge in [-0.3, -0.25) is 0 Å². The Balaban J connectivity index is 1.87. The van der Waals surface area contributed by atoms with Crippen molar-refractivity contribution in [2.75, 3.05) is 28.4 Å². The van der Waals surface area contributed by atoms with Crippen LogP contribution in [0.1, 0.15) is 22.5 Å². The van der Waals surface area contributed by atoms with Crippen LogP contribution in [-0.2, 0) is 0 Å². The van der Waals surface area contributed by atoms with Crippen molar-refractivity contribution in [1.29, 1.82) is 0 Å². The van der Waals surface area contributed by atoms with Gasteiger partial charge in [0.05, 0.1) is 34.1 Å². The molecule has 7 nitrogen and oxygen atoms in total. The van der Waals surface area contributed by atoms with E-state index < -0.39 is 5.69 Å². The SMILES string of the molecule is COc1ccc(/C=C\c2cc(/C=C\c3ccc(OC)cc3OC)[nH]c(=O)n2)c(OC)c1. The van der Waals surface area contributed by atoms with Crippen LogP contribution in [-0.4, -0.2) is 38.4 Å². The highest BCUT2D eigenvalue weighted by atomic mass is 16.5. The highest BCUT2D eigenvalue weighted by Gasteiger charge is 2.04. The molecule has 160 valence electrons. The summed E-state index contributed by atoms with van der Waals surface area (Å²) in [6, 6.07) is 12.8. The number of hydrogen-bond donors (Lipinski definition) is 1. The lowest BCUT2D eigenvalue weighted by Crippen LogP contribution is -2.12. The first-order chi connectivity index (χ1) is 15.1. The van der Waals surface area contributed by atoms with E-state index in [4.69, 9.17) is 18.9 Å². The predicted molar refractivity (Wildman–Crippen MR) is 122 cm³/mol. The lowest BCUT2D eigenvalue weighted by atomic mass is 10.1. The van der Waals surface area contributed by atoms with E-state index in [2.05, 4.69) is 9.97 Å². The van der Waals surface area contributed by atoms with Gasteiger partial charge in [0.2, 0.25) is 0 Å². The third-order valence-corrected chi connectivity index (χ3v) is 4.54. The minimum Gasteiger partial charge on any atom is -0.497 e. The summed E-state index contributed by atoms with van der Waals surface area (Å²) in [4.78, 5) is 18.8. The maximum Gasteiger partial charge on any atom is 0.345 e. The molecule has 3 rings (SSSR count). The Morgan fingerprint density at radius 3 is 1.77 bits per heavy atom. The Hall–Kier alpha value is -4.00. The van der Waals surface area contributed by atoms with Crippen LogP contribution < -0.4 is 24.6 Å². The number of nitrogens with zero attached hydrogens (tertiary/aromatic N) is 1. The normalized spacial score (nSPS) is 11.1. The molecule has 0 aliphatic heterocycles. The molecule has 3 aromatic rings. The average Bonchev–Trinajstić information content (AvgIpc) is 2.80. The fourth-order valence-corrected chi connectivity index (χ4v) is 2.94. The second-order valence-electron chi connectivity index (χ2n) is 6.45. The van der Waals surface area contributed by atoms with Crippen LogP contribution in [0.15, 0.2) is 47.3 Å². The van der Waals surface area contributed by atoms with Gasteiger partial charge in [0.25, 0.3) is 0 Å². The number of rotatable bonds is 8. The quantitative estimate of drug-likeness (QED) is 0.590. The number of aromatic nitrogens is 2. The van der Waals surface area contributed by atoms with Gasteiger partial charge >= 0.3 is 5.69 Å². The minimum atomic E-state index is -0.440. The minimum absolute atomic E-state index is 0.440. The van der Waals surface area contributed by atoms with Gasteiger partial charge in [-0.1, -0.05) is 0 Å². The Morgan fingerprint density at radius 2 is 1.26 bits per heavy atom. The molecule has 0 amide bonds. The predicted octanol–water partition coefficient (Wildman–Crippen LogP) is 4.15. The Labute approximate surface area is 180 Å². The second-order valence-corrected chi connectivity index (χ2v) is 6.45. The molecule has 0 spiro atoms. The first-order valence-electron chi connectivity index (χ1n) is 9.48. The summed E-state index contributed by atoms with van der Waals surface area (Å²) in [7, 11) is 6.38. The molecular formula is C24H24N2O5. The Morgan fingerprint density at radius 1 is 0.710 bits per heavy atom. The van der Waals surface area contributed by atoms with Gasteiger partial charge in [-0.15, -0.1) is 0 Å². The number of aromatic amines is 1. The molecule has 1 N–H and O–H groups in total. The number of hydrogen-bond acceptors (Lipinski definition) is 6. The van der Waals surface area contributed by atoms with Crippen molar-refractivity contribution in [1.82, 2.24) is 9.97 Å². The lowest BCUT2D eigenvalue weighted by molar-refractivity contribution is 0.393. The van der Waals surface area contributed by atoms with Crippen molar-refractivity contribution in [3.8, 4) is 23.0 Å². The highest BCUT2D eigenvalue weighted by Crippen LogP contribution is 2.27. The van der Waals surface area contributed by atoms with Gasteiger partial charge in [0, 0.05) is 29.0 Å². The third kappa shape index (κ3) is 5.54. The molecule has 0 unspecified atom stereocenters. The maximum atomic E-state index is 12.0. The topological polar surface area (TPSA) is 82.7 Å². The fraction of sp³-hybridized carbons (Fsp3) is 0.167. The summed E-state index contributed by atoms with van der Waals surface area (Å²) in [5.41, 5.74) is 2.37. The number of ether oxygens (including phenoxy) is 4. The second kappa shape index (κ2) is 10.2. The zero-order valence-electron chi connectivity index (χ0n) is 17.8. The number of methoxy groups -OCH3 is 4. The number of H-pyrrole nitrogens is 1. The van der Waals surface area contributed by atoms with Crippen LogP contribution in [0, 0.1) is 0 Å². The van der Waals surface area contributed by atoms with Crippen molar-refractivity contribution in [2.45, 2.75) is 0 Å². The average molecular weight is 420 g/mol. The van der Waals surface area contributed by atoms with Gasteiger partial charge in [-0.25, -0.2) is 4.79 Å². The van der Waals surface area contributed by atoms with E-state index in [1.54, 1.807) is 58.8 Å². The molecule has 0 saturated heterocycles. The summed E-state index contributed by atoms with van der Waals surface area (Å²) in [5, 5.41) is 0. The molecule has 0 atom stereocenters. The van der Waals surface area contributed by atoms with Gasteiger partial charge in [0.1, 0.15) is 23.0 Å². The van der Waals surface area contributed by atoms with Gasteiger partial charge in [-0.05, 0) is 54.6 Å². The highest BCUT2D eigenvalue weighted by molar-refractivity contribution is 5.75. The molecule has 0 bridgehead atoms. The lowest BCUT2D eigenvalue weighted by Gasteiger charge is -2.07. The van der Waals surface area contributed by atoms with E-state index in [9.17, 15) is 4.79 Å². The van der Waals surface area contributed by atoms with E-state index in [1.165, 1.54) is 0 Å². The van der Waals surface area contributed by atoms with Crippen molar-refractivity contribution in [2.24, 2.45) is 0 Å². The van der Waals surface area contributed by atoms with Gasteiger partial charge < -0.3 is 23.9 Å². The summed E-state index contributed by atoms with van der Waals surface area (Å²) in [5.74, 6) is 2.73. The summed E-state index contributed by atoms with van der Waals surface area (Å²) < 4.78 is 21.2. The molecule has 0 aliphatic carbocycles. The van der Waals surface area contributed by atoms with E-state index in [1.807, 2.05) is 36.4 Å². The summed E-state index contributed by atoms with van der Waals surface area (Å²) in [6.07, 6.45) is 7.23. The van der Waals surface area contributed by atoms with Gasteiger partial charge in [0.15, 0.2) is 0 Å². The van der Waals surface area contributed by atoms with Crippen molar-refractivity contribution in [3.63, 3.8) is 0 Å². The van der Waals surface area contributed by atoms with Crippen molar-refractivity contribution in [3.05, 3.63) is 75.5 Å². The Bertz CT molecular complexity index is 1080. The van der Waals surface area contributed by atoms with Crippen molar-refractivity contribution >= 4 is 24.3 Å². The maximum absolute atomic E-state index is 12.0. The molecular weight excluding hydrogens is 396 g/mol. The van der Waals surface area contributed by atoms with Crippen LogP contribution in [0.2, 0.25) is 0 Å². The standard InChI is InChI=1S/C24H24N2O5/c1-28-20-11-7-16(22(14-20)30-3)5-9-18-13-19(26-24(27)25-18)10-6-17-8-12-21(29-2)15-23(17)31-4/h5-15H,1-4H3,(H,25,26,27)/b9-5-,10-6-. The van der Waals surface area contributed by atoms with Crippen LogP contribution in [0.5, 0.6) is 23.0 Å². The molecule has 2 aromatic carbocycles. The van der Waals surface area contributed by atoms with E-state index in [0.29, 0.717) is 34.4 Å². The van der Waals surface area contributed by atoms with Gasteiger partial charge in [-0.2, -0.15) is 4.98 Å². The molecule has 1 aromatic heterocycles. The van der Waals surface area contributed by atoms with Crippen LogP contribution in [0.3, 0.4) is 0 Å². The molecule has 0 fully saturated rings. The zero-order valence-corrected chi connectivity index (χ0v) is 17.8. The zero-order chi connectivity index (χ0) is 22.2. The first kappa shape index (κ1) is 21.7. The van der Waals surface area contributed by atoms with E-state index in [-0.39, 0.29) is 0 Å². The molecule has 31 heavy (non-hydrogen) atoms. The largest absolute Gasteiger partial charge is 0.497 e. The summed E-state index contributed by atoms with van der Waals surface area (Å²) >= 11 is 0. The molecule has 0 saturated carbocycles. The fourth-order valence-electron chi connectivity index (χ4n) is 2.94. The summed E-state index contributed by atoms with van der Waals surface area (Å²) in [6.45, 7) is 0. The van der Waals surface area contributed by atoms with Crippen LogP contribution in [0.4, 0.5) is 0 Å². The molecule has 0 radical (unpaired) electrons. The number of benzene rings is 2. The van der Waals surface area contributed by atoms with E-state index in [0.717, 1.165) is 11.1 Å².